The first kappa shape index (κ1) is 7.91. The Morgan fingerprint density at radius 3 is 2.40 bits per heavy atom. The van der Waals surface area contributed by atoms with Gasteiger partial charge < -0.3 is 14.9 Å². The fourth-order valence-corrected chi connectivity index (χ4v) is 1.07. The van der Waals surface area contributed by atoms with Crippen LogP contribution in [0.5, 0.6) is 0 Å². The fourth-order valence-electron chi connectivity index (χ4n) is 1.07. The Morgan fingerprint density at radius 2 is 2.20 bits per heavy atom. The van der Waals surface area contributed by atoms with Crippen molar-refractivity contribution in [2.45, 2.75) is 31.4 Å². The van der Waals surface area contributed by atoms with Crippen molar-refractivity contribution >= 4 is 0 Å². The SMILES string of the molecule is C[C@@H]1OC(CO)[C@@H](O)[C@@H]1F. The lowest BCUT2D eigenvalue weighted by molar-refractivity contribution is -0.0171. The normalized spacial score (nSPS) is 48.0. The Balaban J connectivity index is 2.53. The summed E-state index contributed by atoms with van der Waals surface area (Å²) < 4.78 is 17.5. The molecule has 0 amide bonds. The summed E-state index contributed by atoms with van der Waals surface area (Å²) in [7, 11) is 0. The minimum absolute atomic E-state index is 0.327. The second-order valence-corrected chi connectivity index (χ2v) is 2.50. The zero-order chi connectivity index (χ0) is 7.72. The van der Waals surface area contributed by atoms with Crippen molar-refractivity contribution in [3.05, 3.63) is 0 Å². The van der Waals surface area contributed by atoms with E-state index >= 15 is 0 Å². The lowest BCUT2D eigenvalue weighted by Crippen LogP contribution is -2.30. The van der Waals surface area contributed by atoms with Crippen molar-refractivity contribution in [1.82, 2.24) is 0 Å². The molecule has 1 saturated heterocycles. The Morgan fingerprint density at radius 1 is 1.60 bits per heavy atom. The van der Waals surface area contributed by atoms with E-state index in [2.05, 4.69) is 0 Å². The molecule has 0 radical (unpaired) electrons. The van der Waals surface area contributed by atoms with Crippen LogP contribution < -0.4 is 0 Å². The van der Waals surface area contributed by atoms with Gasteiger partial charge in [-0.3, -0.25) is 0 Å². The molecular weight excluding hydrogens is 139 g/mol. The van der Waals surface area contributed by atoms with Gasteiger partial charge in [-0.15, -0.1) is 0 Å². The number of hydrogen-bond donors (Lipinski definition) is 2. The summed E-state index contributed by atoms with van der Waals surface area (Å²) in [5.74, 6) is 0. The summed E-state index contributed by atoms with van der Waals surface area (Å²) in [6.07, 6.45) is -3.88. The van der Waals surface area contributed by atoms with Gasteiger partial charge in [0.2, 0.25) is 0 Å². The number of aliphatic hydroxyl groups is 2. The van der Waals surface area contributed by atoms with Crippen LogP contribution in [0.15, 0.2) is 0 Å². The maximum atomic E-state index is 12.7. The molecule has 0 bridgehead atoms. The van der Waals surface area contributed by atoms with E-state index in [1.807, 2.05) is 0 Å². The third kappa shape index (κ3) is 1.14. The molecule has 4 heteroatoms. The molecule has 0 aromatic rings. The monoisotopic (exact) mass is 150 g/mol. The lowest BCUT2D eigenvalue weighted by atomic mass is 10.1. The van der Waals surface area contributed by atoms with Crippen molar-refractivity contribution < 1.29 is 19.3 Å². The standard InChI is InChI=1S/C6H11FO3/c1-3-5(7)6(9)4(2-8)10-3/h3-6,8-9H,2H2,1H3/t3-,4?,5+,6+/m0/s1. The number of alkyl halides is 1. The molecule has 1 fully saturated rings. The minimum Gasteiger partial charge on any atom is -0.394 e. The van der Waals surface area contributed by atoms with Crippen LogP contribution in [0.4, 0.5) is 4.39 Å². The summed E-state index contributed by atoms with van der Waals surface area (Å²) in [4.78, 5) is 0. The second kappa shape index (κ2) is 2.82. The Hall–Kier alpha value is -0.190. The van der Waals surface area contributed by atoms with Gasteiger partial charge in [0.15, 0.2) is 6.17 Å². The van der Waals surface area contributed by atoms with E-state index in [-0.39, 0.29) is 6.61 Å². The molecular formula is C6H11FO3. The third-order valence-electron chi connectivity index (χ3n) is 1.73. The molecule has 0 aromatic heterocycles. The van der Waals surface area contributed by atoms with Crippen LogP contribution in [0.3, 0.4) is 0 Å². The Labute approximate surface area is 58.4 Å². The molecule has 0 saturated carbocycles. The molecule has 0 spiro atoms. The smallest absolute Gasteiger partial charge is 0.154 e. The summed E-state index contributed by atoms with van der Waals surface area (Å²) in [6.45, 7) is 1.20. The highest BCUT2D eigenvalue weighted by molar-refractivity contribution is 4.88. The molecule has 1 aliphatic heterocycles. The van der Waals surface area contributed by atoms with E-state index in [1.165, 1.54) is 6.92 Å². The van der Waals surface area contributed by atoms with Crippen molar-refractivity contribution in [3.8, 4) is 0 Å². The fraction of sp³-hybridized carbons (Fsp3) is 1.00. The average Bonchev–Trinajstić information content (AvgIpc) is 2.17. The van der Waals surface area contributed by atoms with E-state index in [0.29, 0.717) is 0 Å². The first-order valence-corrected chi connectivity index (χ1v) is 3.25. The molecule has 1 heterocycles. The first-order chi connectivity index (χ1) is 4.66. The van der Waals surface area contributed by atoms with Crippen molar-refractivity contribution in [1.29, 1.82) is 0 Å². The molecule has 2 N–H and O–H groups in total. The molecule has 0 aliphatic carbocycles. The highest BCUT2D eigenvalue weighted by Crippen LogP contribution is 2.22. The maximum Gasteiger partial charge on any atom is 0.154 e. The van der Waals surface area contributed by atoms with Crippen molar-refractivity contribution in [3.63, 3.8) is 0 Å². The van der Waals surface area contributed by atoms with Crippen LogP contribution in [0.25, 0.3) is 0 Å². The predicted molar refractivity (Wildman–Crippen MR) is 32.3 cm³/mol. The van der Waals surface area contributed by atoms with Gasteiger partial charge in [-0.2, -0.15) is 0 Å². The van der Waals surface area contributed by atoms with E-state index in [0.717, 1.165) is 0 Å². The van der Waals surface area contributed by atoms with Crippen LogP contribution in [0.2, 0.25) is 0 Å². The van der Waals surface area contributed by atoms with E-state index in [9.17, 15) is 4.39 Å². The summed E-state index contributed by atoms with van der Waals surface area (Å²) in [5, 5.41) is 17.5. The number of aliphatic hydroxyl groups excluding tert-OH is 2. The van der Waals surface area contributed by atoms with Gasteiger partial charge >= 0.3 is 0 Å². The first-order valence-electron chi connectivity index (χ1n) is 3.25. The van der Waals surface area contributed by atoms with Gasteiger partial charge in [0, 0.05) is 0 Å². The summed E-state index contributed by atoms with van der Waals surface area (Å²) in [6, 6.07) is 0. The van der Waals surface area contributed by atoms with Crippen molar-refractivity contribution in [2.75, 3.05) is 6.61 Å². The lowest BCUT2D eigenvalue weighted by Gasteiger charge is -2.09. The minimum atomic E-state index is -1.36. The van der Waals surface area contributed by atoms with Gasteiger partial charge in [-0.05, 0) is 6.92 Å². The average molecular weight is 150 g/mol. The Kier molecular flexibility index (Phi) is 2.23. The van der Waals surface area contributed by atoms with E-state index in [1.54, 1.807) is 0 Å². The quantitative estimate of drug-likeness (QED) is 0.528. The van der Waals surface area contributed by atoms with Crippen molar-refractivity contribution in [2.24, 2.45) is 0 Å². The largest absolute Gasteiger partial charge is 0.394 e. The Bertz CT molecular complexity index is 120. The van der Waals surface area contributed by atoms with Crippen LogP contribution in [-0.2, 0) is 4.74 Å². The van der Waals surface area contributed by atoms with Gasteiger partial charge in [-0.25, -0.2) is 4.39 Å². The van der Waals surface area contributed by atoms with Gasteiger partial charge in [0.1, 0.15) is 12.2 Å². The maximum absolute atomic E-state index is 12.7. The molecule has 10 heavy (non-hydrogen) atoms. The van der Waals surface area contributed by atoms with Gasteiger partial charge in [-0.1, -0.05) is 0 Å². The molecule has 0 aromatic carbocycles. The molecule has 60 valence electrons. The second-order valence-electron chi connectivity index (χ2n) is 2.50. The highest BCUT2D eigenvalue weighted by atomic mass is 19.1. The number of rotatable bonds is 1. The number of ether oxygens (including phenoxy) is 1. The molecule has 1 unspecified atom stereocenters. The van der Waals surface area contributed by atoms with Crippen LogP contribution in [0, 0.1) is 0 Å². The zero-order valence-electron chi connectivity index (χ0n) is 5.70. The number of hydrogen-bond acceptors (Lipinski definition) is 3. The number of halogens is 1. The molecule has 4 atom stereocenters. The van der Waals surface area contributed by atoms with Crippen LogP contribution in [-0.4, -0.2) is 41.3 Å². The zero-order valence-corrected chi connectivity index (χ0v) is 5.70. The molecule has 1 aliphatic rings. The molecule has 3 nitrogen and oxygen atoms in total. The summed E-state index contributed by atoms with van der Waals surface area (Å²) >= 11 is 0. The summed E-state index contributed by atoms with van der Waals surface area (Å²) in [5.41, 5.74) is 0. The highest BCUT2D eigenvalue weighted by Gasteiger charge is 2.40. The van der Waals surface area contributed by atoms with E-state index in [4.69, 9.17) is 14.9 Å². The topological polar surface area (TPSA) is 49.7 Å². The van der Waals surface area contributed by atoms with E-state index < -0.39 is 24.5 Å². The third-order valence-corrected chi connectivity index (χ3v) is 1.73. The van der Waals surface area contributed by atoms with Gasteiger partial charge in [0.25, 0.3) is 0 Å². The predicted octanol–water partition coefficient (Wildman–Crippen LogP) is -0.535. The molecule has 1 rings (SSSR count). The van der Waals surface area contributed by atoms with Gasteiger partial charge in [0.05, 0.1) is 12.7 Å². The van der Waals surface area contributed by atoms with Crippen LogP contribution >= 0.6 is 0 Å². The van der Waals surface area contributed by atoms with Crippen LogP contribution in [0.1, 0.15) is 6.92 Å².